The Morgan fingerprint density at radius 2 is 2.04 bits per heavy atom. The van der Waals surface area contributed by atoms with Crippen LogP contribution in [-0.4, -0.2) is 19.9 Å². The number of nitrogens with zero attached hydrogens (tertiary/aromatic N) is 4. The van der Waals surface area contributed by atoms with Crippen molar-refractivity contribution in [3.05, 3.63) is 63.4 Å². The van der Waals surface area contributed by atoms with Crippen LogP contribution in [0.4, 0.5) is 0 Å². The minimum atomic E-state index is -0.0384. The summed E-state index contributed by atoms with van der Waals surface area (Å²) in [5.74, 6) is 1.11. The predicted octanol–water partition coefficient (Wildman–Crippen LogP) is 2.14. The Morgan fingerprint density at radius 3 is 2.78 bits per heavy atom. The van der Waals surface area contributed by atoms with E-state index in [1.807, 2.05) is 24.3 Å². The first-order valence-corrected chi connectivity index (χ1v) is 7.68. The molecule has 0 amide bonds. The molecule has 0 saturated carbocycles. The van der Waals surface area contributed by atoms with Gasteiger partial charge in [0, 0.05) is 18.6 Å². The molecule has 4 rings (SSSR count). The number of hydrogen-bond donors (Lipinski definition) is 0. The number of fused-ring (bicyclic) bond motifs is 1. The zero-order valence-electron chi connectivity index (χ0n) is 12.8. The molecule has 0 saturated heterocycles. The summed E-state index contributed by atoms with van der Waals surface area (Å²) in [5, 5.41) is 8.40. The van der Waals surface area contributed by atoms with Crippen LogP contribution in [0.3, 0.4) is 0 Å². The second-order valence-electron chi connectivity index (χ2n) is 5.80. The fourth-order valence-corrected chi connectivity index (χ4v) is 2.90. The molecule has 1 aliphatic rings. The highest BCUT2D eigenvalue weighted by atomic mass is 16.5. The smallest absolute Gasteiger partial charge is 0.267 e. The van der Waals surface area contributed by atoms with Gasteiger partial charge in [-0.2, -0.15) is 10.1 Å². The topological polar surface area (TPSA) is 73.8 Å². The van der Waals surface area contributed by atoms with Crippen molar-refractivity contribution in [2.75, 3.05) is 0 Å². The van der Waals surface area contributed by atoms with Crippen LogP contribution < -0.4 is 5.56 Å². The Kier molecular flexibility index (Phi) is 3.29. The van der Waals surface area contributed by atoms with Gasteiger partial charge in [0.25, 0.3) is 5.56 Å². The van der Waals surface area contributed by atoms with Crippen LogP contribution in [0.5, 0.6) is 0 Å². The van der Waals surface area contributed by atoms with E-state index in [1.165, 1.54) is 4.68 Å². The average Bonchev–Trinajstić information content (AvgIpc) is 3.17. The van der Waals surface area contributed by atoms with Crippen LogP contribution in [0.25, 0.3) is 11.4 Å². The third kappa shape index (κ3) is 2.67. The summed E-state index contributed by atoms with van der Waals surface area (Å²) in [6.07, 6.45) is 3.02. The first-order chi connectivity index (χ1) is 11.2. The van der Waals surface area contributed by atoms with Gasteiger partial charge in [-0.3, -0.25) is 4.79 Å². The molecule has 1 aliphatic carbocycles. The monoisotopic (exact) mass is 308 g/mol. The van der Waals surface area contributed by atoms with Crippen molar-refractivity contribution in [2.45, 2.75) is 32.7 Å². The summed E-state index contributed by atoms with van der Waals surface area (Å²) in [4.78, 5) is 16.3. The van der Waals surface area contributed by atoms with Crippen molar-refractivity contribution in [2.24, 2.45) is 0 Å². The van der Waals surface area contributed by atoms with Gasteiger partial charge in [-0.15, -0.1) is 0 Å². The quantitative estimate of drug-likeness (QED) is 0.741. The van der Waals surface area contributed by atoms with Gasteiger partial charge < -0.3 is 4.52 Å². The van der Waals surface area contributed by atoms with E-state index in [0.717, 1.165) is 41.6 Å². The van der Waals surface area contributed by atoms with Gasteiger partial charge in [0.15, 0.2) is 0 Å². The second kappa shape index (κ2) is 5.46. The first-order valence-electron chi connectivity index (χ1n) is 7.68. The predicted molar refractivity (Wildman–Crippen MR) is 84.1 cm³/mol. The normalized spacial score (nSPS) is 13.3. The minimum Gasteiger partial charge on any atom is -0.339 e. The number of benzene rings is 1. The van der Waals surface area contributed by atoms with E-state index in [9.17, 15) is 4.79 Å². The van der Waals surface area contributed by atoms with Crippen LogP contribution in [-0.2, 0) is 19.4 Å². The molecule has 2 heterocycles. The molecule has 1 aromatic carbocycles. The Balaban J connectivity index is 1.59. The molecule has 2 aromatic heterocycles. The van der Waals surface area contributed by atoms with Gasteiger partial charge >= 0.3 is 0 Å². The van der Waals surface area contributed by atoms with Crippen molar-refractivity contribution in [3.63, 3.8) is 0 Å². The Labute approximate surface area is 132 Å². The molecule has 0 N–H and O–H groups in total. The number of hydrogen-bond acceptors (Lipinski definition) is 5. The summed E-state index contributed by atoms with van der Waals surface area (Å²) in [5.41, 5.74) is 4.03. The molecule has 0 aliphatic heterocycles. The SMILES string of the molecule is Cc1nc(-c2ccc(Cn3nc4c(cc3=O)CCC4)cc2)no1. The summed E-state index contributed by atoms with van der Waals surface area (Å²) in [7, 11) is 0. The van der Waals surface area contributed by atoms with Crippen LogP contribution in [0.2, 0.25) is 0 Å². The Morgan fingerprint density at radius 1 is 1.22 bits per heavy atom. The van der Waals surface area contributed by atoms with E-state index >= 15 is 0 Å². The van der Waals surface area contributed by atoms with Gasteiger partial charge in [0.05, 0.1) is 12.2 Å². The molecule has 116 valence electrons. The molecule has 3 aromatic rings. The largest absolute Gasteiger partial charge is 0.339 e. The summed E-state index contributed by atoms with van der Waals surface area (Å²) >= 11 is 0. The van der Waals surface area contributed by atoms with Crippen molar-refractivity contribution < 1.29 is 4.52 Å². The number of aryl methyl sites for hydroxylation is 3. The van der Waals surface area contributed by atoms with Crippen LogP contribution in [0, 0.1) is 6.92 Å². The van der Waals surface area contributed by atoms with Crippen molar-refractivity contribution >= 4 is 0 Å². The molecule has 0 fully saturated rings. The van der Waals surface area contributed by atoms with Crippen LogP contribution in [0.15, 0.2) is 39.6 Å². The summed E-state index contributed by atoms with van der Waals surface area (Å²) < 4.78 is 6.53. The number of aromatic nitrogens is 4. The zero-order chi connectivity index (χ0) is 15.8. The van der Waals surface area contributed by atoms with Crippen LogP contribution >= 0.6 is 0 Å². The van der Waals surface area contributed by atoms with Gasteiger partial charge in [0.2, 0.25) is 11.7 Å². The van der Waals surface area contributed by atoms with Crippen molar-refractivity contribution in [1.29, 1.82) is 0 Å². The van der Waals surface area contributed by atoms with E-state index in [2.05, 4.69) is 15.2 Å². The Bertz CT molecular complexity index is 909. The lowest BCUT2D eigenvalue weighted by molar-refractivity contribution is 0.394. The lowest BCUT2D eigenvalue weighted by atomic mass is 10.1. The van der Waals surface area contributed by atoms with E-state index in [0.29, 0.717) is 18.3 Å². The molecular weight excluding hydrogens is 292 g/mol. The molecule has 6 nitrogen and oxygen atoms in total. The second-order valence-corrected chi connectivity index (χ2v) is 5.80. The van der Waals surface area contributed by atoms with Crippen LogP contribution in [0.1, 0.15) is 29.1 Å². The lowest BCUT2D eigenvalue weighted by Gasteiger charge is -2.07. The first kappa shape index (κ1) is 13.9. The molecule has 0 radical (unpaired) electrons. The highest BCUT2D eigenvalue weighted by Gasteiger charge is 2.14. The fraction of sp³-hybridized carbons (Fsp3) is 0.294. The van der Waals surface area contributed by atoms with E-state index < -0.39 is 0 Å². The highest BCUT2D eigenvalue weighted by Crippen LogP contribution is 2.18. The molecule has 6 heteroatoms. The highest BCUT2D eigenvalue weighted by molar-refractivity contribution is 5.54. The van der Waals surface area contributed by atoms with E-state index in [-0.39, 0.29) is 5.56 Å². The molecule has 0 unspecified atom stereocenters. The maximum absolute atomic E-state index is 12.1. The lowest BCUT2D eigenvalue weighted by Crippen LogP contribution is -2.24. The third-order valence-corrected chi connectivity index (χ3v) is 4.10. The zero-order valence-corrected chi connectivity index (χ0v) is 12.8. The summed E-state index contributed by atoms with van der Waals surface area (Å²) in [6.45, 7) is 2.23. The van der Waals surface area contributed by atoms with E-state index in [1.54, 1.807) is 13.0 Å². The molecule has 0 atom stereocenters. The third-order valence-electron chi connectivity index (χ3n) is 4.10. The van der Waals surface area contributed by atoms with Gasteiger partial charge in [-0.1, -0.05) is 29.4 Å². The van der Waals surface area contributed by atoms with Gasteiger partial charge in [-0.05, 0) is 30.4 Å². The standard InChI is InChI=1S/C17H16N4O2/c1-11-18-17(20-23-11)13-7-5-12(6-8-13)10-21-16(22)9-14-3-2-4-15(14)19-21/h5-9H,2-4,10H2,1H3. The maximum atomic E-state index is 12.1. The van der Waals surface area contributed by atoms with Crippen molar-refractivity contribution in [1.82, 2.24) is 19.9 Å². The van der Waals surface area contributed by atoms with E-state index in [4.69, 9.17) is 4.52 Å². The number of rotatable bonds is 3. The maximum Gasteiger partial charge on any atom is 0.267 e. The Hall–Kier alpha value is -2.76. The minimum absolute atomic E-state index is 0.0384. The molecule has 0 spiro atoms. The molecular formula is C17H16N4O2. The van der Waals surface area contributed by atoms with Gasteiger partial charge in [0.1, 0.15) is 0 Å². The molecule has 0 bridgehead atoms. The van der Waals surface area contributed by atoms with Crippen molar-refractivity contribution in [3.8, 4) is 11.4 Å². The average molecular weight is 308 g/mol. The van der Waals surface area contributed by atoms with Gasteiger partial charge in [-0.25, -0.2) is 4.68 Å². The molecule has 23 heavy (non-hydrogen) atoms. The summed E-state index contributed by atoms with van der Waals surface area (Å²) in [6, 6.07) is 9.51. The fourth-order valence-electron chi connectivity index (χ4n) is 2.90.